The Morgan fingerprint density at radius 1 is 1.12 bits per heavy atom. The Hall–Kier alpha value is -3.19. The van der Waals surface area contributed by atoms with Crippen LogP contribution in [0.3, 0.4) is 0 Å². The average Bonchev–Trinajstić information content (AvgIpc) is 3.18. The van der Waals surface area contributed by atoms with Crippen LogP contribution in [0.4, 0.5) is 5.69 Å². The Kier molecular flexibility index (Phi) is 5.28. The summed E-state index contributed by atoms with van der Waals surface area (Å²) < 4.78 is 5.11. The molecular weight excluding hydrogens is 356 g/mol. The Bertz CT molecular complexity index is 893. The number of aromatic nitrogens is 2. The zero-order valence-electron chi connectivity index (χ0n) is 13.8. The molecule has 1 heterocycles. The minimum atomic E-state index is -0.300. The lowest BCUT2D eigenvalue weighted by atomic mass is 10.1. The minimum Gasteiger partial charge on any atom is -0.423 e. The summed E-state index contributed by atoms with van der Waals surface area (Å²) in [5.74, 6) is -0.196. The van der Waals surface area contributed by atoms with Crippen LogP contribution in [0.5, 0.6) is 0 Å². The summed E-state index contributed by atoms with van der Waals surface area (Å²) >= 11 is 5.81. The molecule has 1 aromatic heterocycles. The van der Waals surface area contributed by atoms with Gasteiger partial charge in [-0.25, -0.2) is 0 Å². The highest BCUT2D eigenvalue weighted by molar-refractivity contribution is 6.30. The Labute approximate surface area is 154 Å². The van der Waals surface area contributed by atoms with Crippen LogP contribution in [0.25, 0.3) is 11.5 Å². The van der Waals surface area contributed by atoms with Gasteiger partial charge < -0.3 is 14.6 Å². The van der Waals surface area contributed by atoms with Gasteiger partial charge >= 0.3 is 0 Å². The second-order valence-corrected chi connectivity index (χ2v) is 5.97. The highest BCUT2D eigenvalue weighted by Crippen LogP contribution is 2.17. The fraction of sp³-hybridized carbons (Fsp3) is 0.111. The van der Waals surface area contributed by atoms with Gasteiger partial charge in [0.2, 0.25) is 18.2 Å². The number of hydrogen-bond acceptors (Lipinski definition) is 5. The molecule has 0 bridgehead atoms. The van der Waals surface area contributed by atoms with Crippen LogP contribution in [0.1, 0.15) is 10.4 Å². The van der Waals surface area contributed by atoms with Crippen molar-refractivity contribution in [1.82, 2.24) is 15.1 Å². The van der Waals surface area contributed by atoms with Gasteiger partial charge in [-0.05, 0) is 48.5 Å². The van der Waals surface area contributed by atoms with E-state index in [1.54, 1.807) is 55.6 Å². The maximum Gasteiger partial charge on any atom is 0.254 e. The first-order chi connectivity index (χ1) is 12.5. The molecule has 0 unspecified atom stereocenters. The van der Waals surface area contributed by atoms with E-state index in [1.807, 2.05) is 0 Å². The highest BCUT2D eigenvalue weighted by Gasteiger charge is 2.15. The van der Waals surface area contributed by atoms with E-state index in [1.165, 1.54) is 11.3 Å². The molecule has 1 N–H and O–H groups in total. The number of likely N-dealkylation sites (N-methyl/N-ethyl adjacent to an activating group) is 1. The van der Waals surface area contributed by atoms with Gasteiger partial charge in [-0.15, -0.1) is 10.2 Å². The summed E-state index contributed by atoms with van der Waals surface area (Å²) in [5.41, 5.74) is 1.78. The molecule has 26 heavy (non-hydrogen) atoms. The number of amides is 2. The first-order valence-corrected chi connectivity index (χ1v) is 8.08. The lowest BCUT2D eigenvalue weighted by Gasteiger charge is -2.17. The molecular formula is C18H15ClN4O3. The lowest BCUT2D eigenvalue weighted by molar-refractivity contribution is -0.116. The van der Waals surface area contributed by atoms with E-state index in [4.69, 9.17) is 16.0 Å². The van der Waals surface area contributed by atoms with E-state index in [-0.39, 0.29) is 18.4 Å². The topological polar surface area (TPSA) is 88.3 Å². The van der Waals surface area contributed by atoms with E-state index < -0.39 is 0 Å². The predicted molar refractivity (Wildman–Crippen MR) is 96.8 cm³/mol. The Morgan fingerprint density at radius 2 is 1.81 bits per heavy atom. The maximum absolute atomic E-state index is 12.5. The van der Waals surface area contributed by atoms with Gasteiger partial charge in [0.05, 0.1) is 6.54 Å². The Balaban J connectivity index is 1.60. The van der Waals surface area contributed by atoms with Gasteiger partial charge in [-0.3, -0.25) is 9.59 Å². The third-order valence-electron chi connectivity index (χ3n) is 3.59. The van der Waals surface area contributed by atoms with E-state index >= 15 is 0 Å². The summed E-state index contributed by atoms with van der Waals surface area (Å²) in [6.07, 6.45) is 1.24. The summed E-state index contributed by atoms with van der Waals surface area (Å²) in [7, 11) is 1.57. The number of nitrogens with zero attached hydrogens (tertiary/aromatic N) is 3. The molecule has 0 aliphatic rings. The first kappa shape index (κ1) is 17.6. The molecule has 0 saturated carbocycles. The summed E-state index contributed by atoms with van der Waals surface area (Å²) in [4.78, 5) is 25.9. The fourth-order valence-electron chi connectivity index (χ4n) is 2.30. The van der Waals surface area contributed by atoms with E-state index in [0.717, 1.165) is 0 Å². The summed E-state index contributed by atoms with van der Waals surface area (Å²) in [6.45, 7) is -0.0765. The van der Waals surface area contributed by atoms with E-state index in [2.05, 4.69) is 15.5 Å². The third-order valence-corrected chi connectivity index (χ3v) is 3.85. The SMILES string of the molecule is CN(CC(=O)Nc1ccc(Cl)cc1)C(=O)c1ccc(-c2nnco2)cc1. The number of benzene rings is 2. The number of halogens is 1. The first-order valence-electron chi connectivity index (χ1n) is 7.70. The number of anilines is 1. The van der Waals surface area contributed by atoms with Crippen molar-refractivity contribution in [3.8, 4) is 11.5 Å². The molecule has 132 valence electrons. The minimum absolute atomic E-state index is 0.0765. The zero-order chi connectivity index (χ0) is 18.5. The highest BCUT2D eigenvalue weighted by atomic mass is 35.5. The van der Waals surface area contributed by atoms with Crippen molar-refractivity contribution < 1.29 is 14.0 Å². The van der Waals surface area contributed by atoms with Gasteiger partial charge in [0.25, 0.3) is 5.91 Å². The smallest absolute Gasteiger partial charge is 0.254 e. The van der Waals surface area contributed by atoms with Crippen LogP contribution in [0, 0.1) is 0 Å². The fourth-order valence-corrected chi connectivity index (χ4v) is 2.42. The van der Waals surface area contributed by atoms with Gasteiger partial charge in [0.1, 0.15) is 0 Å². The lowest BCUT2D eigenvalue weighted by Crippen LogP contribution is -2.34. The molecule has 0 spiro atoms. The second kappa shape index (κ2) is 7.79. The molecule has 3 rings (SSSR count). The third kappa shape index (κ3) is 4.25. The number of carbonyl (C=O) groups excluding carboxylic acids is 2. The Morgan fingerprint density at radius 3 is 2.42 bits per heavy atom. The molecule has 8 heteroatoms. The second-order valence-electron chi connectivity index (χ2n) is 5.54. The molecule has 0 atom stereocenters. The molecule has 0 aliphatic heterocycles. The van der Waals surface area contributed by atoms with E-state index in [0.29, 0.717) is 27.7 Å². The van der Waals surface area contributed by atoms with Gasteiger partial charge in [0.15, 0.2) is 0 Å². The summed E-state index contributed by atoms with van der Waals surface area (Å²) in [6, 6.07) is 13.5. The maximum atomic E-state index is 12.5. The van der Waals surface area contributed by atoms with Crippen LogP contribution in [-0.4, -0.2) is 40.5 Å². The van der Waals surface area contributed by atoms with Gasteiger partial charge in [-0.2, -0.15) is 0 Å². The van der Waals surface area contributed by atoms with Crippen LogP contribution in [0.2, 0.25) is 5.02 Å². The van der Waals surface area contributed by atoms with Crippen LogP contribution in [0.15, 0.2) is 59.3 Å². The zero-order valence-corrected chi connectivity index (χ0v) is 14.6. The largest absolute Gasteiger partial charge is 0.423 e. The molecule has 0 aliphatic carbocycles. The molecule has 0 fully saturated rings. The molecule has 7 nitrogen and oxygen atoms in total. The van der Waals surface area contributed by atoms with Crippen molar-refractivity contribution in [3.05, 3.63) is 65.5 Å². The van der Waals surface area contributed by atoms with Crippen molar-refractivity contribution in [2.75, 3.05) is 18.9 Å². The average molecular weight is 371 g/mol. The number of nitrogens with one attached hydrogen (secondary N) is 1. The van der Waals surface area contributed by atoms with Crippen molar-refractivity contribution in [2.45, 2.75) is 0 Å². The predicted octanol–water partition coefficient (Wildman–Crippen LogP) is 3.10. The molecule has 3 aromatic rings. The number of rotatable bonds is 5. The van der Waals surface area contributed by atoms with Crippen LogP contribution in [-0.2, 0) is 4.79 Å². The van der Waals surface area contributed by atoms with Gasteiger partial charge in [0, 0.05) is 28.9 Å². The van der Waals surface area contributed by atoms with Crippen LogP contribution < -0.4 is 5.32 Å². The normalized spacial score (nSPS) is 10.4. The molecule has 2 aromatic carbocycles. The molecule has 0 saturated heterocycles. The van der Waals surface area contributed by atoms with Crippen molar-refractivity contribution in [3.63, 3.8) is 0 Å². The number of hydrogen-bond donors (Lipinski definition) is 1. The number of carbonyl (C=O) groups is 2. The van der Waals surface area contributed by atoms with E-state index in [9.17, 15) is 9.59 Å². The summed E-state index contributed by atoms with van der Waals surface area (Å²) in [5, 5.41) is 10.7. The molecule has 2 amide bonds. The van der Waals surface area contributed by atoms with Crippen molar-refractivity contribution >= 4 is 29.1 Å². The molecule has 0 radical (unpaired) electrons. The van der Waals surface area contributed by atoms with Crippen LogP contribution >= 0.6 is 11.6 Å². The van der Waals surface area contributed by atoms with Gasteiger partial charge in [-0.1, -0.05) is 11.6 Å². The quantitative estimate of drug-likeness (QED) is 0.745. The standard InChI is InChI=1S/C18H15ClN4O3/c1-23(10-16(24)21-15-8-6-14(19)7-9-15)18(25)13-4-2-12(3-5-13)17-22-20-11-26-17/h2-9,11H,10H2,1H3,(H,21,24). The van der Waals surface area contributed by atoms with Crippen molar-refractivity contribution in [2.24, 2.45) is 0 Å². The van der Waals surface area contributed by atoms with Crippen molar-refractivity contribution in [1.29, 1.82) is 0 Å². The monoisotopic (exact) mass is 370 g/mol.